The molecule has 1 fully saturated rings. The topological polar surface area (TPSA) is 91.0 Å². The maximum absolute atomic E-state index is 12.1. The first-order chi connectivity index (χ1) is 10.1. The fourth-order valence-electron chi connectivity index (χ4n) is 2.95. The van der Waals surface area contributed by atoms with Crippen molar-refractivity contribution < 1.29 is 4.79 Å². The molecule has 2 amide bonds. The Kier molecular flexibility index (Phi) is 5.20. The van der Waals surface area contributed by atoms with Crippen molar-refractivity contribution in [1.29, 1.82) is 5.41 Å². The highest BCUT2D eigenvalue weighted by Gasteiger charge is 2.27. The third-order valence-corrected chi connectivity index (χ3v) is 4.02. The van der Waals surface area contributed by atoms with Crippen LogP contribution in [-0.2, 0) is 0 Å². The van der Waals surface area contributed by atoms with E-state index in [0.29, 0.717) is 0 Å². The van der Waals surface area contributed by atoms with Crippen LogP contribution in [0, 0.1) is 18.3 Å². The van der Waals surface area contributed by atoms with E-state index < -0.39 is 0 Å². The Morgan fingerprint density at radius 3 is 2.67 bits per heavy atom. The molecular formula is C16H24N4O. The summed E-state index contributed by atoms with van der Waals surface area (Å²) in [7, 11) is 0. The minimum absolute atomic E-state index is 0.0429. The van der Waals surface area contributed by atoms with E-state index in [2.05, 4.69) is 10.6 Å². The van der Waals surface area contributed by atoms with Crippen molar-refractivity contribution in [1.82, 2.24) is 5.32 Å². The first-order valence-corrected chi connectivity index (χ1v) is 7.54. The van der Waals surface area contributed by atoms with Crippen LogP contribution in [0.4, 0.5) is 10.5 Å². The van der Waals surface area contributed by atoms with Crippen LogP contribution in [-0.4, -0.2) is 17.9 Å². The summed E-state index contributed by atoms with van der Waals surface area (Å²) >= 11 is 0. The first-order valence-electron chi connectivity index (χ1n) is 7.54. The Hall–Kier alpha value is -2.04. The van der Waals surface area contributed by atoms with Crippen LogP contribution in [0.3, 0.4) is 0 Å². The number of amides is 2. The minimum atomic E-state index is -0.366. The maximum atomic E-state index is 12.1. The van der Waals surface area contributed by atoms with E-state index in [0.717, 1.165) is 36.9 Å². The van der Waals surface area contributed by atoms with Crippen LogP contribution in [0.25, 0.3) is 0 Å². The Labute approximate surface area is 125 Å². The molecule has 5 N–H and O–H groups in total. The van der Waals surface area contributed by atoms with Gasteiger partial charge >= 0.3 is 6.03 Å². The summed E-state index contributed by atoms with van der Waals surface area (Å²) in [6, 6.07) is 6.96. The first kappa shape index (κ1) is 15.4. The lowest BCUT2D eigenvalue weighted by Gasteiger charge is -2.30. The number of carbonyl (C=O) groups is 1. The van der Waals surface area contributed by atoms with Crippen LogP contribution in [0.5, 0.6) is 0 Å². The molecule has 0 bridgehead atoms. The summed E-state index contributed by atoms with van der Waals surface area (Å²) in [6.07, 6.45) is 5.58. The molecule has 114 valence electrons. The molecule has 1 aromatic rings. The molecule has 1 aromatic carbocycles. The van der Waals surface area contributed by atoms with Gasteiger partial charge in [-0.15, -0.1) is 0 Å². The Bertz CT molecular complexity index is 509. The quantitative estimate of drug-likeness (QED) is 0.506. The Morgan fingerprint density at radius 2 is 2.05 bits per heavy atom. The molecule has 0 aromatic heterocycles. The molecule has 0 heterocycles. The number of nitrogens with one attached hydrogen (secondary N) is 3. The summed E-state index contributed by atoms with van der Waals surface area (Å²) < 4.78 is 0. The molecule has 5 nitrogen and oxygen atoms in total. The second kappa shape index (κ2) is 7.11. The van der Waals surface area contributed by atoms with Crippen LogP contribution in [0.1, 0.15) is 37.7 Å². The van der Waals surface area contributed by atoms with Gasteiger partial charge in [0.25, 0.3) is 0 Å². The van der Waals surface area contributed by atoms with Crippen molar-refractivity contribution in [2.45, 2.75) is 45.1 Å². The fraction of sp³-hybridized carbons (Fsp3) is 0.500. The summed E-state index contributed by atoms with van der Waals surface area (Å²) in [4.78, 5) is 12.1. The highest BCUT2D eigenvalue weighted by molar-refractivity contribution is 5.94. The predicted octanol–water partition coefficient (Wildman–Crippen LogP) is 3.00. The van der Waals surface area contributed by atoms with E-state index >= 15 is 0 Å². The standard InChI is InChI=1S/C16H24N4O/c1-11-6-5-9-13(10-11)19-16(21)20-14(15(17)18)12-7-3-2-4-8-12/h5-6,9-10,12,14H,2-4,7-8H2,1H3,(H3,17,18)(H2,19,20,21). The molecule has 1 aliphatic rings. The molecule has 0 saturated heterocycles. The lowest BCUT2D eigenvalue weighted by molar-refractivity contribution is 0.242. The number of amidine groups is 1. The number of nitrogens with two attached hydrogens (primary N) is 1. The maximum Gasteiger partial charge on any atom is 0.319 e. The average Bonchev–Trinajstić information content (AvgIpc) is 2.45. The Balaban J connectivity index is 1.96. The van der Waals surface area contributed by atoms with Crippen LogP contribution >= 0.6 is 0 Å². The second-order valence-electron chi connectivity index (χ2n) is 5.80. The molecule has 1 unspecified atom stereocenters. The number of hydrogen-bond donors (Lipinski definition) is 4. The summed E-state index contributed by atoms with van der Waals surface area (Å²) in [5, 5.41) is 13.4. The highest BCUT2D eigenvalue weighted by Crippen LogP contribution is 2.26. The Morgan fingerprint density at radius 1 is 1.33 bits per heavy atom. The fourth-order valence-corrected chi connectivity index (χ4v) is 2.95. The van der Waals surface area contributed by atoms with E-state index in [1.54, 1.807) is 0 Å². The van der Waals surface area contributed by atoms with Gasteiger partial charge < -0.3 is 16.4 Å². The molecular weight excluding hydrogens is 264 g/mol. The molecule has 1 saturated carbocycles. The minimum Gasteiger partial charge on any atom is -0.386 e. The summed E-state index contributed by atoms with van der Waals surface area (Å²) in [5.74, 6) is 0.320. The van der Waals surface area contributed by atoms with Gasteiger partial charge in [-0.2, -0.15) is 0 Å². The zero-order chi connectivity index (χ0) is 15.2. The van der Waals surface area contributed by atoms with Crippen molar-refractivity contribution >= 4 is 17.6 Å². The monoisotopic (exact) mass is 288 g/mol. The number of carbonyl (C=O) groups excluding carboxylic acids is 1. The average molecular weight is 288 g/mol. The van der Waals surface area contributed by atoms with E-state index in [1.807, 2.05) is 31.2 Å². The van der Waals surface area contributed by atoms with Gasteiger partial charge in [0.2, 0.25) is 0 Å². The molecule has 0 aliphatic heterocycles. The van der Waals surface area contributed by atoms with E-state index in [4.69, 9.17) is 11.1 Å². The molecule has 1 aliphatic carbocycles. The number of rotatable bonds is 4. The van der Waals surface area contributed by atoms with Gasteiger partial charge in [-0.3, -0.25) is 5.41 Å². The highest BCUT2D eigenvalue weighted by atomic mass is 16.2. The van der Waals surface area contributed by atoms with Crippen LogP contribution in [0.2, 0.25) is 0 Å². The van der Waals surface area contributed by atoms with Crippen LogP contribution in [0.15, 0.2) is 24.3 Å². The zero-order valence-electron chi connectivity index (χ0n) is 12.5. The van der Waals surface area contributed by atoms with Gasteiger partial charge in [0.05, 0.1) is 6.04 Å². The third kappa shape index (κ3) is 4.48. The van der Waals surface area contributed by atoms with Crippen LogP contribution < -0.4 is 16.4 Å². The largest absolute Gasteiger partial charge is 0.386 e. The van der Waals surface area contributed by atoms with E-state index in [-0.39, 0.29) is 23.8 Å². The smallest absolute Gasteiger partial charge is 0.319 e. The van der Waals surface area contributed by atoms with Crippen molar-refractivity contribution in [3.63, 3.8) is 0 Å². The summed E-state index contributed by atoms with van der Waals surface area (Å²) in [6.45, 7) is 1.98. The molecule has 0 radical (unpaired) electrons. The number of benzene rings is 1. The number of urea groups is 1. The third-order valence-electron chi connectivity index (χ3n) is 4.02. The van der Waals surface area contributed by atoms with Crippen molar-refractivity contribution in [2.75, 3.05) is 5.32 Å². The number of hydrogen-bond acceptors (Lipinski definition) is 2. The van der Waals surface area contributed by atoms with Gasteiger partial charge in [0.15, 0.2) is 0 Å². The molecule has 1 atom stereocenters. The van der Waals surface area contributed by atoms with Crippen molar-refractivity contribution in [3.8, 4) is 0 Å². The zero-order valence-corrected chi connectivity index (χ0v) is 12.5. The van der Waals surface area contributed by atoms with Crippen molar-refractivity contribution in [2.24, 2.45) is 11.7 Å². The lowest BCUT2D eigenvalue weighted by atomic mass is 9.83. The molecule has 21 heavy (non-hydrogen) atoms. The lowest BCUT2D eigenvalue weighted by Crippen LogP contribution is -2.50. The van der Waals surface area contributed by atoms with E-state index in [9.17, 15) is 4.79 Å². The number of aryl methyl sites for hydroxylation is 1. The van der Waals surface area contributed by atoms with Gasteiger partial charge in [0.1, 0.15) is 5.84 Å². The number of anilines is 1. The molecule has 5 heteroatoms. The van der Waals surface area contributed by atoms with Crippen molar-refractivity contribution in [3.05, 3.63) is 29.8 Å². The van der Waals surface area contributed by atoms with E-state index in [1.165, 1.54) is 6.42 Å². The molecule has 0 spiro atoms. The normalized spacial score (nSPS) is 17.0. The van der Waals surface area contributed by atoms with Gasteiger partial charge in [-0.25, -0.2) is 4.79 Å². The van der Waals surface area contributed by atoms with Gasteiger partial charge in [0, 0.05) is 5.69 Å². The summed E-state index contributed by atoms with van der Waals surface area (Å²) in [5.41, 5.74) is 7.51. The predicted molar refractivity (Wildman–Crippen MR) is 85.6 cm³/mol. The SMILES string of the molecule is Cc1cccc(NC(=O)NC(C(=N)N)C2CCCCC2)c1. The molecule has 2 rings (SSSR count). The van der Waals surface area contributed by atoms with Gasteiger partial charge in [-0.1, -0.05) is 31.4 Å². The second-order valence-corrected chi connectivity index (χ2v) is 5.80. The van der Waals surface area contributed by atoms with Gasteiger partial charge in [-0.05, 0) is 43.4 Å².